The monoisotopic (exact) mass is 387 g/mol. The fourth-order valence-electron chi connectivity index (χ4n) is 3.94. The first-order chi connectivity index (χ1) is 13.2. The normalized spacial score (nSPS) is 19.6. The molecule has 1 amide bonds. The minimum absolute atomic E-state index is 0.00318. The fourth-order valence-corrected chi connectivity index (χ4v) is 3.94. The minimum atomic E-state index is -0.916. The number of rotatable bonds is 5. The van der Waals surface area contributed by atoms with Crippen LogP contribution in [0.2, 0.25) is 0 Å². The summed E-state index contributed by atoms with van der Waals surface area (Å²) in [5.41, 5.74) is 0.950. The molecule has 1 aliphatic heterocycles. The van der Waals surface area contributed by atoms with Crippen LogP contribution in [0.15, 0.2) is 30.5 Å². The summed E-state index contributed by atoms with van der Waals surface area (Å²) in [6.45, 7) is 8.30. The summed E-state index contributed by atoms with van der Waals surface area (Å²) in [5.74, 6) is -1.48. The number of hydrogen-bond acceptors (Lipinski definition) is 3. The van der Waals surface area contributed by atoms with Crippen LogP contribution >= 0.6 is 0 Å². The van der Waals surface area contributed by atoms with E-state index in [9.17, 15) is 19.1 Å². The molecule has 1 N–H and O–H groups in total. The maximum absolute atomic E-state index is 13.3. The van der Waals surface area contributed by atoms with Crippen LogP contribution in [0.3, 0.4) is 0 Å². The highest BCUT2D eigenvalue weighted by Crippen LogP contribution is 2.39. The van der Waals surface area contributed by atoms with E-state index >= 15 is 0 Å². The molecule has 0 bridgehead atoms. The second-order valence-corrected chi connectivity index (χ2v) is 8.08. The Morgan fingerprint density at radius 2 is 1.82 bits per heavy atom. The standard InChI is InChI=1S/C21H26FN3O3/c1-13(2)18-17(11-23-25(18)16-7-5-15(22)6-8-16)19(26)24-10-9-21(12-24,14(3)4)20(27)28/h5-8,11,13-14H,9-10,12H2,1-4H3,(H,27,28). The number of carboxylic acids is 1. The molecule has 1 unspecified atom stereocenters. The predicted octanol–water partition coefficient (Wildman–Crippen LogP) is 3.71. The lowest BCUT2D eigenvalue weighted by molar-refractivity contribution is -0.150. The van der Waals surface area contributed by atoms with Gasteiger partial charge in [-0.05, 0) is 42.5 Å². The summed E-state index contributed by atoms with van der Waals surface area (Å²) >= 11 is 0. The summed E-state index contributed by atoms with van der Waals surface area (Å²) < 4.78 is 14.9. The van der Waals surface area contributed by atoms with E-state index in [-0.39, 0.29) is 30.1 Å². The van der Waals surface area contributed by atoms with Gasteiger partial charge in [0, 0.05) is 13.1 Å². The highest BCUT2D eigenvalue weighted by molar-refractivity contribution is 5.96. The lowest BCUT2D eigenvalue weighted by Gasteiger charge is -2.28. The maximum atomic E-state index is 13.3. The van der Waals surface area contributed by atoms with Crippen LogP contribution in [0.1, 0.15) is 56.1 Å². The molecule has 2 heterocycles. The van der Waals surface area contributed by atoms with E-state index in [2.05, 4.69) is 5.10 Å². The van der Waals surface area contributed by atoms with Gasteiger partial charge in [-0.3, -0.25) is 9.59 Å². The van der Waals surface area contributed by atoms with Crippen LogP contribution < -0.4 is 0 Å². The molecule has 6 nitrogen and oxygen atoms in total. The molecule has 3 rings (SSSR count). The Labute approximate surface area is 164 Å². The van der Waals surface area contributed by atoms with Gasteiger partial charge < -0.3 is 10.0 Å². The van der Waals surface area contributed by atoms with Gasteiger partial charge in [0.2, 0.25) is 0 Å². The minimum Gasteiger partial charge on any atom is -0.481 e. The number of carboxylic acid groups (broad SMARTS) is 1. The van der Waals surface area contributed by atoms with E-state index < -0.39 is 11.4 Å². The van der Waals surface area contributed by atoms with Crippen molar-refractivity contribution in [2.24, 2.45) is 11.3 Å². The number of hydrogen-bond donors (Lipinski definition) is 1. The van der Waals surface area contributed by atoms with Crippen molar-refractivity contribution in [1.29, 1.82) is 0 Å². The molecule has 1 fully saturated rings. The summed E-state index contributed by atoms with van der Waals surface area (Å²) in [7, 11) is 0. The Bertz CT molecular complexity index is 889. The van der Waals surface area contributed by atoms with Gasteiger partial charge >= 0.3 is 5.97 Å². The summed E-state index contributed by atoms with van der Waals surface area (Å²) in [6, 6.07) is 5.94. The quantitative estimate of drug-likeness (QED) is 0.849. The van der Waals surface area contributed by atoms with Crippen LogP contribution in [0.5, 0.6) is 0 Å². The largest absolute Gasteiger partial charge is 0.481 e. The van der Waals surface area contributed by atoms with E-state index in [4.69, 9.17) is 0 Å². The molecule has 0 spiro atoms. The molecule has 0 radical (unpaired) electrons. The first kappa shape index (κ1) is 20.0. The molecule has 0 saturated carbocycles. The first-order valence-electron chi connectivity index (χ1n) is 9.54. The second-order valence-electron chi connectivity index (χ2n) is 8.08. The van der Waals surface area contributed by atoms with Crippen molar-refractivity contribution in [1.82, 2.24) is 14.7 Å². The zero-order valence-corrected chi connectivity index (χ0v) is 16.6. The van der Waals surface area contributed by atoms with Gasteiger partial charge in [0.1, 0.15) is 5.82 Å². The third-order valence-corrected chi connectivity index (χ3v) is 5.77. The van der Waals surface area contributed by atoms with Crippen molar-refractivity contribution in [3.8, 4) is 5.69 Å². The van der Waals surface area contributed by atoms with Crippen LogP contribution in [0, 0.1) is 17.2 Å². The average molecular weight is 387 g/mol. The van der Waals surface area contributed by atoms with Crippen molar-refractivity contribution in [2.45, 2.75) is 40.0 Å². The van der Waals surface area contributed by atoms with Crippen LogP contribution in [0.4, 0.5) is 4.39 Å². The summed E-state index contributed by atoms with van der Waals surface area (Å²) in [5, 5.41) is 14.1. The van der Waals surface area contributed by atoms with Gasteiger partial charge in [0.05, 0.1) is 28.6 Å². The molecule has 1 aliphatic rings. The molecule has 1 atom stereocenters. The van der Waals surface area contributed by atoms with Gasteiger partial charge in [0.25, 0.3) is 5.91 Å². The molecular weight excluding hydrogens is 361 g/mol. The van der Waals surface area contributed by atoms with Crippen LogP contribution in [-0.2, 0) is 4.79 Å². The second kappa shape index (κ2) is 7.37. The highest BCUT2D eigenvalue weighted by Gasteiger charge is 2.48. The Morgan fingerprint density at radius 3 is 2.32 bits per heavy atom. The SMILES string of the molecule is CC(C)c1c(C(=O)N2CCC(C(=O)O)(C(C)C)C2)cnn1-c1ccc(F)cc1. The van der Waals surface area contributed by atoms with Crippen molar-refractivity contribution in [3.63, 3.8) is 0 Å². The van der Waals surface area contributed by atoms with Gasteiger partial charge in [-0.15, -0.1) is 0 Å². The van der Waals surface area contributed by atoms with E-state index in [1.807, 2.05) is 27.7 Å². The Balaban J connectivity index is 1.95. The molecule has 28 heavy (non-hydrogen) atoms. The lowest BCUT2D eigenvalue weighted by atomic mass is 9.76. The fraction of sp³-hybridized carbons (Fsp3) is 0.476. The zero-order chi connectivity index (χ0) is 20.6. The molecule has 1 aromatic heterocycles. The number of nitrogens with zero attached hydrogens (tertiary/aromatic N) is 3. The van der Waals surface area contributed by atoms with E-state index in [0.717, 1.165) is 5.69 Å². The molecule has 7 heteroatoms. The smallest absolute Gasteiger partial charge is 0.311 e. The topological polar surface area (TPSA) is 75.4 Å². The Hall–Kier alpha value is -2.70. The highest BCUT2D eigenvalue weighted by atomic mass is 19.1. The number of aliphatic carboxylic acids is 1. The molecule has 1 aromatic carbocycles. The van der Waals surface area contributed by atoms with Crippen molar-refractivity contribution < 1.29 is 19.1 Å². The Morgan fingerprint density at radius 1 is 1.18 bits per heavy atom. The molecule has 150 valence electrons. The Kier molecular flexibility index (Phi) is 5.28. The number of amides is 1. The predicted molar refractivity (Wildman–Crippen MR) is 103 cm³/mol. The van der Waals surface area contributed by atoms with Crippen molar-refractivity contribution in [2.75, 3.05) is 13.1 Å². The van der Waals surface area contributed by atoms with Gasteiger partial charge in [-0.2, -0.15) is 5.10 Å². The summed E-state index contributed by atoms with van der Waals surface area (Å²) in [4.78, 5) is 26.7. The number of carbonyl (C=O) groups is 2. The van der Waals surface area contributed by atoms with Gasteiger partial charge in [-0.1, -0.05) is 27.7 Å². The van der Waals surface area contributed by atoms with E-state index in [1.165, 1.54) is 18.3 Å². The maximum Gasteiger partial charge on any atom is 0.311 e. The molecule has 1 saturated heterocycles. The number of aromatic nitrogens is 2. The third-order valence-electron chi connectivity index (χ3n) is 5.77. The average Bonchev–Trinajstić information content (AvgIpc) is 3.27. The molecule has 2 aromatic rings. The van der Waals surface area contributed by atoms with Crippen LogP contribution in [-0.4, -0.2) is 44.8 Å². The third kappa shape index (κ3) is 3.30. The van der Waals surface area contributed by atoms with Crippen LogP contribution in [0.25, 0.3) is 5.69 Å². The van der Waals surface area contributed by atoms with Gasteiger partial charge in [0.15, 0.2) is 0 Å². The zero-order valence-electron chi connectivity index (χ0n) is 16.6. The van der Waals surface area contributed by atoms with Gasteiger partial charge in [-0.25, -0.2) is 9.07 Å². The van der Waals surface area contributed by atoms with Crippen molar-refractivity contribution >= 4 is 11.9 Å². The van der Waals surface area contributed by atoms with E-state index in [1.54, 1.807) is 21.7 Å². The first-order valence-corrected chi connectivity index (χ1v) is 9.54. The molecular formula is C21H26FN3O3. The van der Waals surface area contributed by atoms with E-state index in [0.29, 0.717) is 24.2 Å². The number of benzene rings is 1. The number of likely N-dealkylation sites (tertiary alicyclic amines) is 1. The molecule has 0 aliphatic carbocycles. The number of halogens is 1. The summed E-state index contributed by atoms with van der Waals surface area (Å²) in [6.07, 6.45) is 1.96. The lowest BCUT2D eigenvalue weighted by Crippen LogP contribution is -2.40. The van der Waals surface area contributed by atoms with Crippen molar-refractivity contribution in [3.05, 3.63) is 47.5 Å². The number of carbonyl (C=O) groups excluding carboxylic acids is 1.